The number of amides is 2. The molecule has 0 unspecified atom stereocenters. The summed E-state index contributed by atoms with van der Waals surface area (Å²) in [5, 5.41) is 14.8. The van der Waals surface area contributed by atoms with Crippen LogP contribution in [0.2, 0.25) is 0 Å². The van der Waals surface area contributed by atoms with Gasteiger partial charge >= 0.3 is 6.03 Å². The molecule has 0 aliphatic heterocycles. The van der Waals surface area contributed by atoms with Gasteiger partial charge in [-0.15, -0.1) is 0 Å². The normalized spacial score (nSPS) is 13.4. The Morgan fingerprint density at radius 2 is 2.15 bits per heavy atom. The Hall–Kier alpha value is -1.27. The van der Waals surface area contributed by atoms with Crippen LogP contribution in [0.3, 0.4) is 0 Å². The van der Waals surface area contributed by atoms with Gasteiger partial charge in [-0.2, -0.15) is 0 Å². The summed E-state index contributed by atoms with van der Waals surface area (Å²) < 4.78 is 5.90. The molecule has 0 saturated heterocycles. The number of methoxy groups -OCH3 is 1. The predicted octanol–water partition coefficient (Wildman–Crippen LogP) is 2.99. The third-order valence-corrected chi connectivity index (χ3v) is 3.38. The number of aliphatic hydroxyl groups is 1. The summed E-state index contributed by atoms with van der Waals surface area (Å²) in [6, 6.07) is 5.05. The molecule has 0 saturated carbocycles. The van der Waals surface area contributed by atoms with Crippen LogP contribution in [0.25, 0.3) is 0 Å². The molecular formula is C14H21BrN2O3. The molecule has 0 aliphatic carbocycles. The molecule has 1 aromatic rings. The molecule has 2 atom stereocenters. The van der Waals surface area contributed by atoms with E-state index >= 15 is 0 Å². The van der Waals surface area contributed by atoms with Gasteiger partial charge in [0.2, 0.25) is 0 Å². The van der Waals surface area contributed by atoms with Gasteiger partial charge < -0.3 is 20.5 Å². The van der Waals surface area contributed by atoms with Crippen molar-refractivity contribution in [3.63, 3.8) is 0 Å². The molecule has 5 nitrogen and oxygen atoms in total. The fraction of sp³-hybridized carbons (Fsp3) is 0.500. The molecule has 20 heavy (non-hydrogen) atoms. The largest absolute Gasteiger partial charge is 0.496 e. The SMILES string of the molecule is COc1ccc(NC(=O)NC[C@@H](C)C[C@@H](C)O)cc1Br. The van der Waals surface area contributed by atoms with Crippen LogP contribution < -0.4 is 15.4 Å². The highest BCUT2D eigenvalue weighted by Gasteiger charge is 2.09. The monoisotopic (exact) mass is 344 g/mol. The number of hydrogen-bond acceptors (Lipinski definition) is 3. The molecule has 3 N–H and O–H groups in total. The van der Waals surface area contributed by atoms with Crippen LogP contribution in [-0.2, 0) is 0 Å². The maximum atomic E-state index is 11.7. The molecule has 112 valence electrons. The number of carbonyl (C=O) groups excluding carboxylic acids is 1. The molecule has 2 amide bonds. The summed E-state index contributed by atoms with van der Waals surface area (Å²) in [6.07, 6.45) is 0.307. The molecule has 0 aliphatic rings. The van der Waals surface area contributed by atoms with E-state index in [1.54, 1.807) is 32.2 Å². The van der Waals surface area contributed by atoms with Crippen molar-refractivity contribution in [2.75, 3.05) is 19.0 Å². The van der Waals surface area contributed by atoms with Crippen LogP contribution >= 0.6 is 15.9 Å². The smallest absolute Gasteiger partial charge is 0.319 e. The van der Waals surface area contributed by atoms with Crippen LogP contribution in [-0.4, -0.2) is 30.9 Å². The molecule has 0 radical (unpaired) electrons. The number of benzene rings is 1. The molecule has 6 heteroatoms. The lowest BCUT2D eigenvalue weighted by Crippen LogP contribution is -2.33. The first-order valence-corrected chi connectivity index (χ1v) is 7.28. The zero-order valence-electron chi connectivity index (χ0n) is 11.9. The van der Waals surface area contributed by atoms with E-state index in [-0.39, 0.29) is 18.1 Å². The Morgan fingerprint density at radius 3 is 2.70 bits per heavy atom. The number of nitrogens with one attached hydrogen (secondary N) is 2. The minimum atomic E-state index is -0.354. The maximum absolute atomic E-state index is 11.7. The Labute approximate surface area is 127 Å². The zero-order chi connectivity index (χ0) is 15.1. The fourth-order valence-electron chi connectivity index (χ4n) is 1.85. The lowest BCUT2D eigenvalue weighted by atomic mass is 10.1. The number of ether oxygens (including phenoxy) is 1. The third-order valence-electron chi connectivity index (χ3n) is 2.76. The number of rotatable bonds is 6. The molecule has 1 aromatic carbocycles. The fourth-order valence-corrected chi connectivity index (χ4v) is 2.39. The summed E-state index contributed by atoms with van der Waals surface area (Å²) in [5.74, 6) is 0.935. The van der Waals surface area contributed by atoms with Crippen molar-refractivity contribution in [2.45, 2.75) is 26.4 Å². The molecule has 0 spiro atoms. The van der Waals surface area contributed by atoms with Gasteiger partial charge in [0.1, 0.15) is 5.75 Å². The lowest BCUT2D eigenvalue weighted by molar-refractivity contribution is 0.163. The number of urea groups is 1. The standard InChI is InChI=1S/C14H21BrN2O3/c1-9(6-10(2)18)8-16-14(19)17-11-4-5-13(20-3)12(15)7-11/h4-5,7,9-10,18H,6,8H2,1-3H3,(H2,16,17,19)/t9-,10+/m0/s1. The first-order chi connectivity index (χ1) is 9.42. The van der Waals surface area contributed by atoms with Crippen molar-refractivity contribution < 1.29 is 14.6 Å². The first-order valence-electron chi connectivity index (χ1n) is 6.48. The maximum Gasteiger partial charge on any atom is 0.319 e. The van der Waals surface area contributed by atoms with E-state index in [4.69, 9.17) is 4.74 Å². The molecule has 0 bridgehead atoms. The second-order valence-corrected chi connectivity index (χ2v) is 5.73. The summed E-state index contributed by atoms with van der Waals surface area (Å²) in [6.45, 7) is 4.25. The van der Waals surface area contributed by atoms with Crippen molar-refractivity contribution in [3.8, 4) is 5.75 Å². The van der Waals surface area contributed by atoms with Crippen molar-refractivity contribution >= 4 is 27.6 Å². The first kappa shape index (κ1) is 16.8. The molecule has 0 heterocycles. The van der Waals surface area contributed by atoms with E-state index in [1.165, 1.54) is 0 Å². The van der Waals surface area contributed by atoms with Gasteiger partial charge in [0.15, 0.2) is 0 Å². The zero-order valence-corrected chi connectivity index (χ0v) is 13.5. The highest BCUT2D eigenvalue weighted by Crippen LogP contribution is 2.27. The van der Waals surface area contributed by atoms with Gasteiger partial charge in [-0.3, -0.25) is 0 Å². The van der Waals surface area contributed by atoms with Crippen LogP contribution in [0, 0.1) is 5.92 Å². The summed E-state index contributed by atoms with van der Waals surface area (Å²) in [5.41, 5.74) is 0.679. The topological polar surface area (TPSA) is 70.6 Å². The van der Waals surface area contributed by atoms with E-state index in [9.17, 15) is 9.90 Å². The van der Waals surface area contributed by atoms with Gasteiger partial charge in [0, 0.05) is 12.2 Å². The van der Waals surface area contributed by atoms with Gasteiger partial charge in [-0.1, -0.05) is 6.92 Å². The molecule has 0 aromatic heterocycles. The van der Waals surface area contributed by atoms with Crippen LogP contribution in [0.15, 0.2) is 22.7 Å². The van der Waals surface area contributed by atoms with E-state index in [1.807, 2.05) is 6.92 Å². The van der Waals surface area contributed by atoms with Crippen molar-refractivity contribution in [1.29, 1.82) is 0 Å². The average Bonchev–Trinajstić information content (AvgIpc) is 2.36. The second-order valence-electron chi connectivity index (χ2n) is 4.87. The highest BCUT2D eigenvalue weighted by atomic mass is 79.9. The van der Waals surface area contributed by atoms with Gasteiger partial charge in [-0.05, 0) is 53.4 Å². The van der Waals surface area contributed by atoms with E-state index < -0.39 is 0 Å². The molecule has 0 fully saturated rings. The number of aliphatic hydroxyl groups excluding tert-OH is 1. The van der Waals surface area contributed by atoms with Gasteiger partial charge in [0.25, 0.3) is 0 Å². The second kappa shape index (κ2) is 8.11. The van der Waals surface area contributed by atoms with Crippen LogP contribution in [0.1, 0.15) is 20.3 Å². The van der Waals surface area contributed by atoms with Crippen LogP contribution in [0.4, 0.5) is 10.5 Å². The average molecular weight is 345 g/mol. The van der Waals surface area contributed by atoms with Crippen molar-refractivity contribution in [3.05, 3.63) is 22.7 Å². The van der Waals surface area contributed by atoms with Gasteiger partial charge in [0.05, 0.1) is 17.7 Å². The lowest BCUT2D eigenvalue weighted by Gasteiger charge is -2.15. The predicted molar refractivity (Wildman–Crippen MR) is 83.2 cm³/mol. The van der Waals surface area contributed by atoms with Crippen LogP contribution in [0.5, 0.6) is 5.75 Å². The number of hydrogen-bond donors (Lipinski definition) is 3. The Kier molecular flexibility index (Phi) is 6.81. The molecular weight excluding hydrogens is 324 g/mol. The Bertz CT molecular complexity index is 452. The van der Waals surface area contributed by atoms with E-state index in [0.29, 0.717) is 24.4 Å². The number of halogens is 1. The Balaban J connectivity index is 2.44. The summed E-state index contributed by atoms with van der Waals surface area (Å²) in [4.78, 5) is 11.7. The number of anilines is 1. The Morgan fingerprint density at radius 1 is 1.45 bits per heavy atom. The molecule has 1 rings (SSSR count). The quantitative estimate of drug-likeness (QED) is 0.742. The summed E-state index contributed by atoms with van der Waals surface area (Å²) in [7, 11) is 1.59. The van der Waals surface area contributed by atoms with Crippen molar-refractivity contribution in [2.24, 2.45) is 5.92 Å². The number of carbonyl (C=O) groups is 1. The minimum absolute atomic E-state index is 0.225. The minimum Gasteiger partial charge on any atom is -0.496 e. The van der Waals surface area contributed by atoms with Gasteiger partial charge in [-0.25, -0.2) is 4.79 Å². The van der Waals surface area contributed by atoms with E-state index in [2.05, 4.69) is 26.6 Å². The third kappa shape index (κ3) is 5.79. The van der Waals surface area contributed by atoms with E-state index in [0.717, 1.165) is 4.47 Å². The van der Waals surface area contributed by atoms with Crippen molar-refractivity contribution in [1.82, 2.24) is 5.32 Å². The highest BCUT2D eigenvalue weighted by molar-refractivity contribution is 9.10. The summed E-state index contributed by atoms with van der Waals surface area (Å²) >= 11 is 3.36.